The summed E-state index contributed by atoms with van der Waals surface area (Å²) in [5.74, 6) is -2.79. The van der Waals surface area contributed by atoms with Crippen LogP contribution in [0.2, 0.25) is 0 Å². The quantitative estimate of drug-likeness (QED) is 0.611. The lowest BCUT2D eigenvalue weighted by molar-refractivity contribution is -0.386. The molecular weight excluding hydrogens is 230 g/mol. The zero-order valence-electron chi connectivity index (χ0n) is 9.05. The molecule has 0 spiro atoms. The van der Waals surface area contributed by atoms with E-state index in [9.17, 15) is 19.7 Å². The highest BCUT2D eigenvalue weighted by molar-refractivity contribution is 5.97. The normalized spacial score (nSPS) is 10.0. The molecule has 0 heterocycles. The number of hydrogen-bond acceptors (Lipinski definition) is 4. The standard InChI is InChI=1S/C10H9NO6/c1-4-6(9(12)13)3-7(10(14)15)5(2)8(4)11(16)17/h3H,1-2H3,(H,12,13)(H,14,15). The second-order valence-electron chi connectivity index (χ2n) is 3.44. The molecule has 0 aliphatic heterocycles. The smallest absolute Gasteiger partial charge is 0.336 e. The number of carboxylic acids is 2. The largest absolute Gasteiger partial charge is 0.478 e. The van der Waals surface area contributed by atoms with Gasteiger partial charge in [-0.3, -0.25) is 10.1 Å². The molecule has 0 amide bonds. The summed E-state index contributed by atoms with van der Waals surface area (Å²) in [5.41, 5.74) is -1.32. The van der Waals surface area contributed by atoms with Crippen LogP contribution < -0.4 is 0 Å². The summed E-state index contributed by atoms with van der Waals surface area (Å²) in [6.07, 6.45) is 0. The summed E-state index contributed by atoms with van der Waals surface area (Å²) in [5, 5.41) is 28.5. The van der Waals surface area contributed by atoms with Crippen LogP contribution in [-0.4, -0.2) is 27.1 Å². The molecule has 17 heavy (non-hydrogen) atoms. The Labute approximate surface area is 95.5 Å². The highest BCUT2D eigenvalue weighted by Crippen LogP contribution is 2.29. The minimum absolute atomic E-state index is 0.0509. The highest BCUT2D eigenvalue weighted by Gasteiger charge is 2.26. The summed E-state index contributed by atoms with van der Waals surface area (Å²) in [4.78, 5) is 31.8. The van der Waals surface area contributed by atoms with E-state index in [4.69, 9.17) is 10.2 Å². The molecule has 1 aromatic carbocycles. The number of nitro benzene ring substituents is 1. The van der Waals surface area contributed by atoms with E-state index in [0.29, 0.717) is 0 Å². The Bertz CT molecular complexity index is 496. The lowest BCUT2D eigenvalue weighted by Gasteiger charge is -2.08. The van der Waals surface area contributed by atoms with Crippen molar-refractivity contribution in [1.29, 1.82) is 0 Å². The molecule has 0 aromatic heterocycles. The van der Waals surface area contributed by atoms with Gasteiger partial charge in [-0.05, 0) is 19.9 Å². The first-order valence-corrected chi connectivity index (χ1v) is 4.52. The Kier molecular flexibility index (Phi) is 3.12. The van der Waals surface area contributed by atoms with Crippen molar-refractivity contribution in [3.63, 3.8) is 0 Å². The monoisotopic (exact) mass is 239 g/mol. The van der Waals surface area contributed by atoms with E-state index in [0.717, 1.165) is 6.07 Å². The lowest BCUT2D eigenvalue weighted by atomic mass is 9.97. The van der Waals surface area contributed by atoms with Crippen LogP contribution in [0.25, 0.3) is 0 Å². The third-order valence-electron chi connectivity index (χ3n) is 2.45. The fraction of sp³-hybridized carbons (Fsp3) is 0.200. The molecule has 7 nitrogen and oxygen atoms in total. The fourth-order valence-corrected chi connectivity index (χ4v) is 1.62. The van der Waals surface area contributed by atoms with Crippen LogP contribution in [0.4, 0.5) is 5.69 Å². The van der Waals surface area contributed by atoms with Crippen molar-refractivity contribution in [2.75, 3.05) is 0 Å². The molecule has 0 aliphatic rings. The van der Waals surface area contributed by atoms with Crippen LogP contribution in [0.5, 0.6) is 0 Å². The molecule has 90 valence electrons. The van der Waals surface area contributed by atoms with Gasteiger partial charge < -0.3 is 10.2 Å². The van der Waals surface area contributed by atoms with Crippen LogP contribution >= 0.6 is 0 Å². The van der Waals surface area contributed by atoms with Gasteiger partial charge >= 0.3 is 11.9 Å². The van der Waals surface area contributed by atoms with Gasteiger partial charge in [-0.2, -0.15) is 0 Å². The summed E-state index contributed by atoms with van der Waals surface area (Å²) < 4.78 is 0. The van der Waals surface area contributed by atoms with E-state index in [-0.39, 0.29) is 22.3 Å². The van der Waals surface area contributed by atoms with Crippen molar-refractivity contribution in [2.24, 2.45) is 0 Å². The number of benzene rings is 1. The van der Waals surface area contributed by atoms with Gasteiger partial charge in [-0.15, -0.1) is 0 Å². The molecule has 1 rings (SSSR count). The number of aromatic carboxylic acids is 2. The molecule has 0 aliphatic carbocycles. The zero-order chi connectivity index (χ0) is 13.3. The number of carbonyl (C=O) groups is 2. The van der Waals surface area contributed by atoms with E-state index < -0.39 is 22.5 Å². The molecular formula is C10H9NO6. The average molecular weight is 239 g/mol. The topological polar surface area (TPSA) is 118 Å². The lowest BCUT2D eigenvalue weighted by Crippen LogP contribution is -2.10. The predicted octanol–water partition coefficient (Wildman–Crippen LogP) is 1.61. The molecule has 1 aromatic rings. The van der Waals surface area contributed by atoms with Crippen molar-refractivity contribution in [3.05, 3.63) is 38.4 Å². The third kappa shape index (κ3) is 2.07. The summed E-state index contributed by atoms with van der Waals surface area (Å²) in [6.45, 7) is 2.56. The maximum atomic E-state index is 10.9. The number of nitrogens with zero attached hydrogens (tertiary/aromatic N) is 1. The van der Waals surface area contributed by atoms with Crippen molar-refractivity contribution in [3.8, 4) is 0 Å². The molecule has 0 saturated heterocycles. The minimum atomic E-state index is -1.40. The van der Waals surface area contributed by atoms with E-state index in [2.05, 4.69) is 0 Å². The molecule has 0 fully saturated rings. The SMILES string of the molecule is Cc1c(C(=O)O)cc(C(=O)O)c(C)c1[N+](=O)[O-]. The van der Waals surface area contributed by atoms with Crippen LogP contribution in [0.1, 0.15) is 31.8 Å². The van der Waals surface area contributed by atoms with Gasteiger partial charge in [-0.25, -0.2) is 9.59 Å². The van der Waals surface area contributed by atoms with Gasteiger partial charge in [0.05, 0.1) is 16.1 Å². The maximum Gasteiger partial charge on any atom is 0.336 e. The molecule has 0 atom stereocenters. The van der Waals surface area contributed by atoms with Crippen molar-refractivity contribution in [2.45, 2.75) is 13.8 Å². The molecule has 0 radical (unpaired) electrons. The van der Waals surface area contributed by atoms with Gasteiger partial charge in [0, 0.05) is 11.1 Å². The van der Waals surface area contributed by atoms with Gasteiger partial charge in [-0.1, -0.05) is 0 Å². The summed E-state index contributed by atoms with van der Waals surface area (Å²) in [6, 6.07) is 0.933. The van der Waals surface area contributed by atoms with E-state index in [1.54, 1.807) is 0 Å². The minimum Gasteiger partial charge on any atom is -0.478 e. The Morgan fingerprint density at radius 3 is 1.71 bits per heavy atom. The summed E-state index contributed by atoms with van der Waals surface area (Å²) in [7, 11) is 0. The van der Waals surface area contributed by atoms with Crippen LogP contribution in [-0.2, 0) is 0 Å². The van der Waals surface area contributed by atoms with Gasteiger partial charge in [0.25, 0.3) is 5.69 Å². The first kappa shape index (κ1) is 12.6. The van der Waals surface area contributed by atoms with E-state index in [1.165, 1.54) is 13.8 Å². The van der Waals surface area contributed by atoms with Crippen LogP contribution in [0.15, 0.2) is 6.07 Å². The second-order valence-corrected chi connectivity index (χ2v) is 3.44. The second kappa shape index (κ2) is 4.20. The Morgan fingerprint density at radius 1 is 1.12 bits per heavy atom. The van der Waals surface area contributed by atoms with Crippen LogP contribution in [0.3, 0.4) is 0 Å². The zero-order valence-corrected chi connectivity index (χ0v) is 9.05. The fourth-order valence-electron chi connectivity index (χ4n) is 1.62. The van der Waals surface area contributed by atoms with E-state index in [1.807, 2.05) is 0 Å². The summed E-state index contributed by atoms with van der Waals surface area (Å²) >= 11 is 0. The van der Waals surface area contributed by atoms with Crippen molar-refractivity contribution >= 4 is 17.6 Å². The third-order valence-corrected chi connectivity index (χ3v) is 2.45. The predicted molar refractivity (Wildman–Crippen MR) is 56.5 cm³/mol. The molecule has 0 saturated carbocycles. The number of nitro groups is 1. The van der Waals surface area contributed by atoms with Crippen LogP contribution in [0, 0.1) is 24.0 Å². The van der Waals surface area contributed by atoms with Gasteiger partial charge in [0.15, 0.2) is 0 Å². The van der Waals surface area contributed by atoms with Crippen molar-refractivity contribution < 1.29 is 24.7 Å². The molecule has 7 heteroatoms. The van der Waals surface area contributed by atoms with Gasteiger partial charge in [0.1, 0.15) is 0 Å². The molecule has 0 bridgehead atoms. The number of carboxylic acid groups (broad SMARTS) is 2. The van der Waals surface area contributed by atoms with E-state index >= 15 is 0 Å². The van der Waals surface area contributed by atoms with Crippen molar-refractivity contribution in [1.82, 2.24) is 0 Å². The molecule has 0 unspecified atom stereocenters. The Hall–Kier alpha value is -2.44. The Balaban J connectivity index is 3.76. The first-order chi connectivity index (χ1) is 7.77. The molecule has 2 N–H and O–H groups in total. The Morgan fingerprint density at radius 2 is 1.47 bits per heavy atom. The van der Waals surface area contributed by atoms with Gasteiger partial charge in [0.2, 0.25) is 0 Å². The number of hydrogen-bond donors (Lipinski definition) is 2. The highest BCUT2D eigenvalue weighted by atomic mass is 16.6. The average Bonchev–Trinajstić information content (AvgIpc) is 2.15. The number of rotatable bonds is 3. The maximum absolute atomic E-state index is 10.9. The first-order valence-electron chi connectivity index (χ1n) is 4.52.